The summed E-state index contributed by atoms with van der Waals surface area (Å²) in [6.07, 6.45) is 5.82. The molecule has 0 nitrogen and oxygen atoms in total. The van der Waals surface area contributed by atoms with Crippen molar-refractivity contribution < 1.29 is 22.9 Å². The summed E-state index contributed by atoms with van der Waals surface area (Å²) in [5, 5.41) is 0. The molecule has 0 fully saturated rings. The molecule has 1 aliphatic carbocycles. The summed E-state index contributed by atoms with van der Waals surface area (Å²) in [4.78, 5) is 0. The van der Waals surface area contributed by atoms with Crippen molar-refractivity contribution in [3.05, 3.63) is 21.1 Å². The van der Waals surface area contributed by atoms with Crippen molar-refractivity contribution >= 4 is 0 Å². The zero-order valence-electron chi connectivity index (χ0n) is 5.36. The van der Waals surface area contributed by atoms with E-state index < -0.39 is 0 Å². The Morgan fingerprint density at radius 2 is 2.38 bits per heavy atom. The molecule has 0 radical (unpaired) electrons. The predicted molar refractivity (Wildman–Crippen MR) is 32.3 cm³/mol. The number of rotatable bonds is 1. The Balaban J connectivity index is 2.68. The van der Waals surface area contributed by atoms with E-state index in [9.17, 15) is 0 Å². The van der Waals surface area contributed by atoms with Gasteiger partial charge in [-0.25, -0.2) is 0 Å². The van der Waals surface area contributed by atoms with Crippen molar-refractivity contribution in [3.63, 3.8) is 0 Å². The van der Waals surface area contributed by atoms with Crippen LogP contribution < -0.4 is 0 Å². The van der Waals surface area contributed by atoms with Gasteiger partial charge in [-0.1, -0.05) is 0 Å². The summed E-state index contributed by atoms with van der Waals surface area (Å²) in [5.74, 6) is 0. The Bertz CT molecular complexity index is 142. The molecular weight excluding hydrogens is 263 g/mol. The van der Waals surface area contributed by atoms with Crippen LogP contribution in [0.15, 0.2) is 21.1 Å². The first-order valence-corrected chi connectivity index (χ1v) is 8.27. The van der Waals surface area contributed by atoms with E-state index in [1.165, 1.54) is 6.42 Å². The van der Waals surface area contributed by atoms with Gasteiger partial charge in [-0.05, 0) is 0 Å². The molecule has 0 aromatic carbocycles. The summed E-state index contributed by atoms with van der Waals surface area (Å²) < 4.78 is 4.20. The molecule has 1 heteroatoms. The van der Waals surface area contributed by atoms with Crippen LogP contribution in [0.3, 0.4) is 0 Å². The SMILES string of the molecule is [CH3][Hf][C]1=C(C)C=CC1. The normalized spacial score (nSPS) is 17.8. The number of hydrogen-bond acceptors (Lipinski definition) is 0. The Hall–Kier alpha value is 0.350. The van der Waals surface area contributed by atoms with Gasteiger partial charge in [-0.15, -0.1) is 0 Å². The summed E-state index contributed by atoms with van der Waals surface area (Å²) in [6.45, 7) is 2.23. The first-order valence-electron chi connectivity index (χ1n) is 2.88. The van der Waals surface area contributed by atoms with Crippen molar-refractivity contribution in [2.24, 2.45) is 0 Å². The van der Waals surface area contributed by atoms with Crippen LogP contribution in [0.4, 0.5) is 0 Å². The fraction of sp³-hybridized carbons (Fsp3) is 0.429. The summed E-state index contributed by atoms with van der Waals surface area (Å²) in [6, 6.07) is 0. The minimum absolute atomic E-state index is 0.264. The molecule has 0 spiro atoms. The zero-order valence-corrected chi connectivity index (χ0v) is 8.95. The monoisotopic (exact) mass is 274 g/mol. The van der Waals surface area contributed by atoms with Crippen LogP contribution >= 0.6 is 0 Å². The van der Waals surface area contributed by atoms with Gasteiger partial charge in [0, 0.05) is 0 Å². The van der Waals surface area contributed by atoms with Crippen LogP contribution in [0.5, 0.6) is 0 Å². The molecule has 1 rings (SSSR count). The van der Waals surface area contributed by atoms with Gasteiger partial charge in [0.25, 0.3) is 0 Å². The third-order valence-electron chi connectivity index (χ3n) is 1.47. The standard InChI is InChI=1S/C6H7.CH3.Hf/c1-6-4-2-3-5-6;;/h2,4H,3H2,1H3;1H3;. The van der Waals surface area contributed by atoms with E-state index in [4.69, 9.17) is 0 Å². The van der Waals surface area contributed by atoms with E-state index in [-0.39, 0.29) is 22.9 Å². The molecular formula is C7H10Hf. The average molecular weight is 273 g/mol. The van der Waals surface area contributed by atoms with Crippen LogP contribution in [0.1, 0.15) is 13.3 Å². The van der Waals surface area contributed by atoms with Crippen molar-refractivity contribution in [2.75, 3.05) is 0 Å². The molecule has 0 bridgehead atoms. The number of allylic oxidation sites excluding steroid dienone is 4. The molecule has 42 valence electrons. The summed E-state index contributed by atoms with van der Waals surface area (Å²) in [5.41, 5.74) is 1.57. The van der Waals surface area contributed by atoms with Crippen molar-refractivity contribution in [1.82, 2.24) is 0 Å². The zero-order chi connectivity index (χ0) is 5.98. The predicted octanol–water partition coefficient (Wildman–Crippen LogP) is 2.35. The quantitative estimate of drug-likeness (QED) is 0.643. The molecule has 1 aliphatic rings. The molecule has 0 aliphatic heterocycles. The van der Waals surface area contributed by atoms with E-state index in [1.54, 1.807) is 8.90 Å². The third-order valence-corrected chi connectivity index (χ3v) is 5.79. The molecule has 0 aromatic heterocycles. The van der Waals surface area contributed by atoms with Gasteiger partial charge in [0.05, 0.1) is 0 Å². The van der Waals surface area contributed by atoms with Crippen LogP contribution in [0.25, 0.3) is 0 Å². The second-order valence-corrected chi connectivity index (χ2v) is 5.98. The molecule has 0 saturated carbocycles. The summed E-state index contributed by atoms with van der Waals surface area (Å²) in [7, 11) is 0. The first-order chi connectivity index (χ1) is 3.84. The fourth-order valence-corrected chi connectivity index (χ4v) is 3.79. The molecule has 0 saturated heterocycles. The van der Waals surface area contributed by atoms with Gasteiger partial charge >= 0.3 is 62.0 Å². The van der Waals surface area contributed by atoms with Gasteiger partial charge < -0.3 is 0 Å². The molecule has 0 aromatic rings. The van der Waals surface area contributed by atoms with Gasteiger partial charge in [-0.2, -0.15) is 0 Å². The second-order valence-electron chi connectivity index (χ2n) is 2.02. The molecule has 0 amide bonds. The first kappa shape index (κ1) is 6.47. The maximum atomic E-state index is 2.41. The fourth-order valence-electron chi connectivity index (χ4n) is 0.914. The van der Waals surface area contributed by atoms with Gasteiger partial charge in [-0.3, -0.25) is 0 Å². The van der Waals surface area contributed by atoms with Crippen LogP contribution in [0, 0.1) is 0 Å². The average Bonchev–Trinajstić information content (AvgIpc) is 2.14. The molecule has 8 heavy (non-hydrogen) atoms. The van der Waals surface area contributed by atoms with E-state index >= 15 is 0 Å². The van der Waals surface area contributed by atoms with Gasteiger partial charge in [0.2, 0.25) is 0 Å². The van der Waals surface area contributed by atoms with E-state index in [1.807, 2.05) is 0 Å². The van der Waals surface area contributed by atoms with Crippen LogP contribution in [-0.4, -0.2) is 0 Å². The van der Waals surface area contributed by atoms with Crippen LogP contribution in [-0.2, 0) is 22.9 Å². The van der Waals surface area contributed by atoms with Crippen molar-refractivity contribution in [1.29, 1.82) is 0 Å². The second kappa shape index (κ2) is 2.77. The molecule has 0 N–H and O–H groups in total. The van der Waals surface area contributed by atoms with Crippen LogP contribution in [0.2, 0.25) is 4.68 Å². The molecule has 0 unspecified atom stereocenters. The molecule has 0 atom stereocenters. The minimum atomic E-state index is -0.264. The van der Waals surface area contributed by atoms with E-state index in [2.05, 4.69) is 23.8 Å². The van der Waals surface area contributed by atoms with Gasteiger partial charge in [0.1, 0.15) is 0 Å². The topological polar surface area (TPSA) is 0 Å². The molecule has 0 heterocycles. The third kappa shape index (κ3) is 1.19. The Morgan fingerprint density at radius 1 is 1.62 bits per heavy atom. The Kier molecular flexibility index (Phi) is 2.24. The Labute approximate surface area is 62.0 Å². The van der Waals surface area contributed by atoms with E-state index in [0.717, 1.165) is 0 Å². The van der Waals surface area contributed by atoms with Gasteiger partial charge in [0.15, 0.2) is 0 Å². The van der Waals surface area contributed by atoms with Crippen molar-refractivity contribution in [2.45, 2.75) is 18.0 Å². The maximum absolute atomic E-state index is 2.41. The van der Waals surface area contributed by atoms with Crippen molar-refractivity contribution in [3.8, 4) is 0 Å². The summed E-state index contributed by atoms with van der Waals surface area (Å²) >= 11 is -0.264. The number of hydrogen-bond donors (Lipinski definition) is 0. The van der Waals surface area contributed by atoms with E-state index in [0.29, 0.717) is 0 Å². The Morgan fingerprint density at radius 3 is 2.62 bits per heavy atom.